The number of piperidine rings is 1. The van der Waals surface area contributed by atoms with Crippen LogP contribution >= 0.6 is 0 Å². The number of amidine groups is 1. The van der Waals surface area contributed by atoms with E-state index in [4.69, 9.17) is 10.9 Å². The Labute approximate surface area is 112 Å². The third kappa shape index (κ3) is 2.93. The van der Waals surface area contributed by atoms with E-state index in [9.17, 15) is 0 Å². The summed E-state index contributed by atoms with van der Waals surface area (Å²) in [4.78, 5) is 12.9. The molecule has 1 atom stereocenters. The molecular weight excluding hydrogens is 244 g/mol. The van der Waals surface area contributed by atoms with Gasteiger partial charge < -0.3 is 20.7 Å². The van der Waals surface area contributed by atoms with Crippen LogP contribution in [0.3, 0.4) is 0 Å². The molecule has 0 saturated carbocycles. The van der Waals surface area contributed by atoms with Gasteiger partial charge in [0.15, 0.2) is 17.3 Å². The van der Waals surface area contributed by atoms with Gasteiger partial charge in [-0.2, -0.15) is 0 Å². The van der Waals surface area contributed by atoms with Crippen LogP contribution in [0, 0.1) is 0 Å². The van der Waals surface area contributed by atoms with Crippen LogP contribution in [-0.4, -0.2) is 59.1 Å². The summed E-state index contributed by atoms with van der Waals surface area (Å²) in [6.45, 7) is 1.78. The number of hydrogen-bond acceptors (Lipinski definition) is 6. The Balaban J connectivity index is 2.26. The molecule has 0 radical (unpaired) electrons. The Morgan fingerprint density at radius 1 is 1.47 bits per heavy atom. The van der Waals surface area contributed by atoms with Gasteiger partial charge in [0, 0.05) is 31.5 Å². The zero-order chi connectivity index (χ0) is 13.8. The summed E-state index contributed by atoms with van der Waals surface area (Å²) in [5.74, 6) is 0.680. The van der Waals surface area contributed by atoms with E-state index in [0.29, 0.717) is 17.6 Å². The molecule has 1 aliphatic rings. The number of aromatic nitrogens is 2. The standard InChI is InChI=1S/C12H20N6O/c1-17(2)9-4-3-7-18(8-9)12-10(11(13)16-19)14-5-6-15-12/h5-6,9,19H,3-4,7-8H2,1-2H3,(H2,13,16). The van der Waals surface area contributed by atoms with E-state index in [1.54, 1.807) is 12.4 Å². The molecule has 1 aliphatic heterocycles. The van der Waals surface area contributed by atoms with E-state index in [0.717, 1.165) is 19.5 Å². The molecule has 1 aromatic rings. The summed E-state index contributed by atoms with van der Waals surface area (Å²) < 4.78 is 0. The predicted octanol–water partition coefficient (Wildman–Crippen LogP) is 0.102. The number of oxime groups is 1. The van der Waals surface area contributed by atoms with Crippen molar-refractivity contribution in [1.29, 1.82) is 0 Å². The number of hydrogen-bond donors (Lipinski definition) is 2. The van der Waals surface area contributed by atoms with Crippen molar-refractivity contribution in [2.24, 2.45) is 10.9 Å². The first-order valence-corrected chi connectivity index (χ1v) is 6.33. The molecule has 1 unspecified atom stereocenters. The zero-order valence-electron chi connectivity index (χ0n) is 11.3. The molecule has 7 heteroatoms. The second-order valence-corrected chi connectivity index (χ2v) is 4.92. The highest BCUT2D eigenvalue weighted by atomic mass is 16.4. The van der Waals surface area contributed by atoms with Gasteiger partial charge in [-0.3, -0.25) is 0 Å². The van der Waals surface area contributed by atoms with Crippen molar-refractivity contribution in [3.05, 3.63) is 18.1 Å². The van der Waals surface area contributed by atoms with Gasteiger partial charge in [-0.05, 0) is 26.9 Å². The lowest BCUT2D eigenvalue weighted by Gasteiger charge is -2.37. The number of nitrogens with zero attached hydrogens (tertiary/aromatic N) is 5. The SMILES string of the molecule is CN(C)C1CCCN(c2nccnc2C(N)=NO)C1. The minimum atomic E-state index is -0.00456. The van der Waals surface area contributed by atoms with Crippen LogP contribution < -0.4 is 10.6 Å². The molecule has 0 bridgehead atoms. The number of rotatable bonds is 3. The molecule has 0 spiro atoms. The molecule has 1 saturated heterocycles. The Hall–Kier alpha value is -1.89. The van der Waals surface area contributed by atoms with E-state index in [1.807, 2.05) is 0 Å². The van der Waals surface area contributed by atoms with Crippen LogP contribution in [0.5, 0.6) is 0 Å². The van der Waals surface area contributed by atoms with Gasteiger partial charge in [0.25, 0.3) is 0 Å². The second-order valence-electron chi connectivity index (χ2n) is 4.92. The quantitative estimate of drug-likeness (QED) is 0.348. The molecule has 2 heterocycles. The monoisotopic (exact) mass is 264 g/mol. The normalized spacial score (nSPS) is 20.9. The fourth-order valence-electron chi connectivity index (χ4n) is 2.36. The van der Waals surface area contributed by atoms with E-state index in [2.05, 4.69) is 39.0 Å². The third-order valence-corrected chi connectivity index (χ3v) is 3.46. The first-order chi connectivity index (χ1) is 9.13. The summed E-state index contributed by atoms with van der Waals surface area (Å²) >= 11 is 0. The van der Waals surface area contributed by atoms with Gasteiger partial charge in [-0.15, -0.1) is 0 Å². The van der Waals surface area contributed by atoms with Crippen LogP contribution in [0.1, 0.15) is 18.5 Å². The van der Waals surface area contributed by atoms with Crippen molar-refractivity contribution in [1.82, 2.24) is 14.9 Å². The fourth-order valence-corrected chi connectivity index (χ4v) is 2.36. The minimum Gasteiger partial charge on any atom is -0.409 e. The van der Waals surface area contributed by atoms with Crippen LogP contribution in [0.2, 0.25) is 0 Å². The molecule has 7 nitrogen and oxygen atoms in total. The Bertz CT molecular complexity index is 461. The van der Waals surface area contributed by atoms with Gasteiger partial charge in [0.1, 0.15) is 0 Å². The van der Waals surface area contributed by atoms with Gasteiger partial charge in [0.05, 0.1) is 0 Å². The third-order valence-electron chi connectivity index (χ3n) is 3.46. The van der Waals surface area contributed by atoms with Gasteiger partial charge in [-0.25, -0.2) is 9.97 Å². The molecule has 1 fully saturated rings. The zero-order valence-corrected chi connectivity index (χ0v) is 11.3. The van der Waals surface area contributed by atoms with Crippen LogP contribution in [0.25, 0.3) is 0 Å². The first kappa shape index (κ1) is 13.5. The lowest BCUT2D eigenvalue weighted by atomic mass is 10.0. The second kappa shape index (κ2) is 5.83. The van der Waals surface area contributed by atoms with E-state index in [-0.39, 0.29) is 5.84 Å². The molecule has 0 aromatic carbocycles. The first-order valence-electron chi connectivity index (χ1n) is 6.33. The molecule has 1 aromatic heterocycles. The molecule has 104 valence electrons. The summed E-state index contributed by atoms with van der Waals surface area (Å²) in [5.41, 5.74) is 6.09. The maximum absolute atomic E-state index is 8.82. The highest BCUT2D eigenvalue weighted by Crippen LogP contribution is 2.21. The van der Waals surface area contributed by atoms with E-state index >= 15 is 0 Å². The van der Waals surface area contributed by atoms with Crippen molar-refractivity contribution in [2.75, 3.05) is 32.1 Å². The summed E-state index contributed by atoms with van der Waals surface area (Å²) in [7, 11) is 4.16. The van der Waals surface area contributed by atoms with E-state index in [1.165, 1.54) is 6.42 Å². The van der Waals surface area contributed by atoms with Crippen molar-refractivity contribution in [3.63, 3.8) is 0 Å². The molecule has 2 rings (SSSR count). The minimum absolute atomic E-state index is 0.00456. The van der Waals surface area contributed by atoms with Crippen molar-refractivity contribution in [2.45, 2.75) is 18.9 Å². The topological polar surface area (TPSA) is 90.9 Å². The van der Waals surface area contributed by atoms with E-state index < -0.39 is 0 Å². The highest BCUT2D eigenvalue weighted by molar-refractivity contribution is 5.99. The summed E-state index contributed by atoms with van der Waals surface area (Å²) in [5, 5.41) is 11.8. The maximum Gasteiger partial charge on any atom is 0.192 e. The van der Waals surface area contributed by atoms with Crippen LogP contribution in [0.15, 0.2) is 17.5 Å². The number of anilines is 1. The predicted molar refractivity (Wildman–Crippen MR) is 73.5 cm³/mol. The summed E-state index contributed by atoms with van der Waals surface area (Å²) in [6, 6.07) is 0.482. The van der Waals surface area contributed by atoms with Crippen molar-refractivity contribution >= 4 is 11.7 Å². The highest BCUT2D eigenvalue weighted by Gasteiger charge is 2.25. The van der Waals surface area contributed by atoms with Crippen molar-refractivity contribution < 1.29 is 5.21 Å². The average molecular weight is 264 g/mol. The lowest BCUT2D eigenvalue weighted by molar-refractivity contribution is 0.257. The molecule has 3 N–H and O–H groups in total. The largest absolute Gasteiger partial charge is 0.409 e. The fraction of sp³-hybridized carbons (Fsp3) is 0.583. The smallest absolute Gasteiger partial charge is 0.192 e. The Kier molecular flexibility index (Phi) is 4.16. The molecule has 19 heavy (non-hydrogen) atoms. The number of likely N-dealkylation sites (N-methyl/N-ethyl adjacent to an activating group) is 1. The van der Waals surface area contributed by atoms with Gasteiger partial charge >= 0.3 is 0 Å². The Morgan fingerprint density at radius 3 is 2.89 bits per heavy atom. The number of nitrogens with two attached hydrogens (primary N) is 1. The van der Waals surface area contributed by atoms with Crippen molar-refractivity contribution in [3.8, 4) is 0 Å². The van der Waals surface area contributed by atoms with Crippen LogP contribution in [-0.2, 0) is 0 Å². The molecule has 0 amide bonds. The van der Waals surface area contributed by atoms with Crippen LogP contribution in [0.4, 0.5) is 5.82 Å². The summed E-state index contributed by atoms with van der Waals surface area (Å²) in [6.07, 6.45) is 5.44. The Morgan fingerprint density at radius 2 is 2.21 bits per heavy atom. The average Bonchev–Trinajstić information content (AvgIpc) is 2.46. The van der Waals surface area contributed by atoms with Gasteiger partial charge in [0.2, 0.25) is 0 Å². The molecular formula is C12H20N6O. The maximum atomic E-state index is 8.82. The molecule has 0 aliphatic carbocycles. The lowest BCUT2D eigenvalue weighted by Crippen LogP contribution is -2.46. The van der Waals surface area contributed by atoms with Gasteiger partial charge in [-0.1, -0.05) is 5.16 Å².